The highest BCUT2D eigenvalue weighted by molar-refractivity contribution is 5.56. The zero-order valence-electron chi connectivity index (χ0n) is 9.81. The quantitative estimate of drug-likeness (QED) is 0.890. The number of aromatic nitrogens is 2. The van der Waals surface area contributed by atoms with Crippen LogP contribution in [0.15, 0.2) is 36.7 Å². The molecule has 1 N–H and O–H groups in total. The number of ether oxygens (including phenoxy) is 1. The molecule has 0 aliphatic heterocycles. The molecule has 0 bridgehead atoms. The predicted octanol–water partition coefficient (Wildman–Crippen LogP) is 2.90. The summed E-state index contributed by atoms with van der Waals surface area (Å²) in [5.41, 5.74) is 0.740. The van der Waals surface area contributed by atoms with E-state index in [-0.39, 0.29) is 12.4 Å². The van der Waals surface area contributed by atoms with Crippen LogP contribution in [0, 0.1) is 0 Å². The Balaban J connectivity index is 2.09. The predicted molar refractivity (Wildman–Crippen MR) is 63.8 cm³/mol. The van der Waals surface area contributed by atoms with Crippen LogP contribution in [0.25, 0.3) is 0 Å². The maximum atomic E-state index is 12.6. The Morgan fingerprint density at radius 2 is 2.17 bits per heavy atom. The summed E-state index contributed by atoms with van der Waals surface area (Å²) in [6.45, 7) is -2.38. The standard InChI is InChI=1S/C12H13F2N3O/c1-18-10-5-3-2-4-9(10)16-8-11-15-6-7-17(11)12(13)14/h2-7,12,16H,8H2,1H3. The summed E-state index contributed by atoms with van der Waals surface area (Å²) in [7, 11) is 1.56. The number of imidazole rings is 1. The first-order valence-electron chi connectivity index (χ1n) is 5.39. The fourth-order valence-corrected chi connectivity index (χ4v) is 1.62. The number of nitrogens with one attached hydrogen (secondary N) is 1. The highest BCUT2D eigenvalue weighted by Gasteiger charge is 2.11. The van der Waals surface area contributed by atoms with Crippen LogP contribution in [-0.2, 0) is 6.54 Å². The lowest BCUT2D eigenvalue weighted by Crippen LogP contribution is -2.09. The van der Waals surface area contributed by atoms with E-state index in [1.807, 2.05) is 18.2 Å². The first-order chi connectivity index (χ1) is 8.72. The molecule has 1 aromatic carbocycles. The highest BCUT2D eigenvalue weighted by Crippen LogP contribution is 2.23. The lowest BCUT2D eigenvalue weighted by molar-refractivity contribution is 0.0673. The Morgan fingerprint density at radius 3 is 2.89 bits per heavy atom. The minimum absolute atomic E-state index is 0.206. The summed E-state index contributed by atoms with van der Waals surface area (Å²) in [6, 6.07) is 7.28. The normalized spacial score (nSPS) is 10.7. The molecule has 2 rings (SSSR count). The Morgan fingerprint density at radius 1 is 1.39 bits per heavy atom. The van der Waals surface area contributed by atoms with Gasteiger partial charge in [0.2, 0.25) is 0 Å². The zero-order chi connectivity index (χ0) is 13.0. The van der Waals surface area contributed by atoms with Crippen molar-refractivity contribution >= 4 is 5.69 Å². The molecule has 0 spiro atoms. The van der Waals surface area contributed by atoms with Gasteiger partial charge in [0.25, 0.3) is 0 Å². The Kier molecular flexibility index (Phi) is 3.76. The van der Waals surface area contributed by atoms with Crippen LogP contribution in [0.4, 0.5) is 14.5 Å². The van der Waals surface area contributed by atoms with E-state index >= 15 is 0 Å². The Hall–Kier alpha value is -2.11. The maximum absolute atomic E-state index is 12.6. The second kappa shape index (κ2) is 5.48. The van der Waals surface area contributed by atoms with E-state index < -0.39 is 6.55 Å². The van der Waals surface area contributed by atoms with E-state index in [4.69, 9.17) is 4.74 Å². The number of hydrogen-bond donors (Lipinski definition) is 1. The van der Waals surface area contributed by atoms with Gasteiger partial charge in [-0.1, -0.05) is 12.1 Å². The number of alkyl halides is 2. The van der Waals surface area contributed by atoms with Gasteiger partial charge in [0.1, 0.15) is 11.6 Å². The van der Waals surface area contributed by atoms with Crippen molar-refractivity contribution in [2.75, 3.05) is 12.4 Å². The lowest BCUT2D eigenvalue weighted by atomic mass is 10.3. The Bertz CT molecular complexity index is 514. The molecule has 4 nitrogen and oxygen atoms in total. The molecule has 1 heterocycles. The minimum atomic E-state index is -2.58. The minimum Gasteiger partial charge on any atom is -0.495 e. The molecule has 6 heteroatoms. The van der Waals surface area contributed by atoms with Crippen LogP contribution < -0.4 is 10.1 Å². The number of hydrogen-bond acceptors (Lipinski definition) is 3. The Labute approximate surface area is 103 Å². The first-order valence-corrected chi connectivity index (χ1v) is 5.39. The van der Waals surface area contributed by atoms with Crippen molar-refractivity contribution in [2.45, 2.75) is 13.1 Å². The van der Waals surface area contributed by atoms with Crippen LogP contribution in [0.1, 0.15) is 12.4 Å². The number of rotatable bonds is 5. The molecule has 0 aliphatic carbocycles. The van der Waals surface area contributed by atoms with Gasteiger partial charge >= 0.3 is 6.55 Å². The summed E-state index contributed by atoms with van der Waals surface area (Å²) in [5, 5.41) is 3.02. The molecular formula is C12H13F2N3O. The third-order valence-corrected chi connectivity index (χ3v) is 2.50. The molecule has 0 atom stereocenters. The molecule has 0 radical (unpaired) electrons. The summed E-state index contributed by atoms with van der Waals surface area (Å²) in [6.07, 6.45) is 2.61. The lowest BCUT2D eigenvalue weighted by Gasteiger charge is -2.11. The van der Waals surface area contributed by atoms with Gasteiger partial charge < -0.3 is 10.1 Å². The highest BCUT2D eigenvalue weighted by atomic mass is 19.3. The smallest absolute Gasteiger partial charge is 0.319 e. The van der Waals surface area contributed by atoms with Crippen LogP contribution in [0.2, 0.25) is 0 Å². The van der Waals surface area contributed by atoms with E-state index in [0.717, 1.165) is 10.3 Å². The van der Waals surface area contributed by atoms with Gasteiger partial charge in [-0.05, 0) is 12.1 Å². The SMILES string of the molecule is COc1ccccc1NCc1nccn1C(F)F. The molecule has 0 fully saturated rings. The molecule has 2 aromatic rings. The van der Waals surface area contributed by atoms with Crippen LogP contribution in [0.5, 0.6) is 5.75 Å². The van der Waals surface area contributed by atoms with E-state index in [2.05, 4.69) is 10.3 Å². The second-order valence-corrected chi connectivity index (χ2v) is 3.58. The second-order valence-electron chi connectivity index (χ2n) is 3.58. The van der Waals surface area contributed by atoms with Gasteiger partial charge in [-0.3, -0.25) is 4.57 Å². The van der Waals surface area contributed by atoms with Crippen molar-refractivity contribution in [3.63, 3.8) is 0 Å². The summed E-state index contributed by atoms with van der Waals surface area (Å²) in [5.74, 6) is 0.934. The van der Waals surface area contributed by atoms with Crippen molar-refractivity contribution in [1.29, 1.82) is 0 Å². The van der Waals surface area contributed by atoms with E-state index in [0.29, 0.717) is 5.75 Å². The zero-order valence-corrected chi connectivity index (χ0v) is 9.81. The largest absolute Gasteiger partial charge is 0.495 e. The third-order valence-electron chi connectivity index (χ3n) is 2.50. The average molecular weight is 253 g/mol. The molecule has 0 aliphatic rings. The van der Waals surface area contributed by atoms with Gasteiger partial charge in [0, 0.05) is 12.4 Å². The number of nitrogens with zero attached hydrogens (tertiary/aromatic N) is 2. The van der Waals surface area contributed by atoms with Crippen LogP contribution >= 0.6 is 0 Å². The molecule has 0 amide bonds. The number of anilines is 1. The van der Waals surface area contributed by atoms with Gasteiger partial charge in [-0.2, -0.15) is 8.78 Å². The molecule has 0 unspecified atom stereocenters. The fraction of sp³-hybridized carbons (Fsp3) is 0.250. The molecule has 0 saturated heterocycles. The van der Waals surface area contributed by atoms with Gasteiger partial charge in [0.15, 0.2) is 0 Å². The first kappa shape index (κ1) is 12.3. The van der Waals surface area contributed by atoms with Gasteiger partial charge in [0.05, 0.1) is 19.3 Å². The number of halogens is 2. The van der Waals surface area contributed by atoms with Gasteiger partial charge in [-0.15, -0.1) is 0 Å². The van der Waals surface area contributed by atoms with Gasteiger partial charge in [-0.25, -0.2) is 4.98 Å². The van der Waals surface area contributed by atoms with Crippen molar-refractivity contribution in [1.82, 2.24) is 9.55 Å². The number of para-hydroxylation sites is 2. The van der Waals surface area contributed by atoms with Crippen LogP contribution in [-0.4, -0.2) is 16.7 Å². The van der Waals surface area contributed by atoms with E-state index in [1.54, 1.807) is 13.2 Å². The van der Waals surface area contributed by atoms with E-state index in [1.165, 1.54) is 12.4 Å². The number of methoxy groups -OCH3 is 1. The molecule has 0 saturated carbocycles. The van der Waals surface area contributed by atoms with Crippen molar-refractivity contribution in [3.8, 4) is 5.75 Å². The summed E-state index contributed by atoms with van der Waals surface area (Å²) in [4.78, 5) is 3.89. The van der Waals surface area contributed by atoms with E-state index in [9.17, 15) is 8.78 Å². The summed E-state index contributed by atoms with van der Waals surface area (Å²) >= 11 is 0. The van der Waals surface area contributed by atoms with Crippen molar-refractivity contribution < 1.29 is 13.5 Å². The monoisotopic (exact) mass is 253 g/mol. The average Bonchev–Trinajstić information content (AvgIpc) is 2.85. The van der Waals surface area contributed by atoms with Crippen LogP contribution in [0.3, 0.4) is 0 Å². The molecule has 1 aromatic heterocycles. The molecule has 96 valence electrons. The molecular weight excluding hydrogens is 240 g/mol. The third kappa shape index (κ3) is 2.58. The topological polar surface area (TPSA) is 39.1 Å². The van der Waals surface area contributed by atoms with Crippen molar-refractivity contribution in [3.05, 3.63) is 42.5 Å². The number of benzene rings is 1. The van der Waals surface area contributed by atoms with Crippen molar-refractivity contribution in [2.24, 2.45) is 0 Å². The molecule has 18 heavy (non-hydrogen) atoms. The maximum Gasteiger partial charge on any atom is 0.319 e. The summed E-state index contributed by atoms with van der Waals surface area (Å²) < 4.78 is 31.2. The fourth-order valence-electron chi connectivity index (χ4n) is 1.62.